The molecule has 2 heteroatoms. The van der Waals surface area contributed by atoms with E-state index in [9.17, 15) is 0 Å². The molecule has 0 aromatic heterocycles. The number of aryl methyl sites for hydroxylation is 1. The molecule has 86 valence electrons. The van der Waals surface area contributed by atoms with Crippen molar-refractivity contribution in [1.29, 1.82) is 0 Å². The number of ether oxygens (including phenoxy) is 1. The van der Waals surface area contributed by atoms with Crippen molar-refractivity contribution in [2.75, 3.05) is 12.3 Å². The first-order chi connectivity index (χ1) is 8.24. The topological polar surface area (TPSA) is 35.2 Å². The quantitative estimate of drug-likeness (QED) is 0.756. The molecule has 2 aromatic rings. The molecule has 1 aliphatic rings. The van der Waals surface area contributed by atoms with Crippen molar-refractivity contribution in [2.45, 2.75) is 13.3 Å². The van der Waals surface area contributed by atoms with Crippen molar-refractivity contribution in [1.82, 2.24) is 0 Å². The van der Waals surface area contributed by atoms with Crippen LogP contribution >= 0.6 is 0 Å². The highest BCUT2D eigenvalue weighted by Gasteiger charge is 2.13. The summed E-state index contributed by atoms with van der Waals surface area (Å²) in [4.78, 5) is 0. The van der Waals surface area contributed by atoms with Crippen LogP contribution in [0.2, 0.25) is 0 Å². The molecular weight excluding hydrogens is 210 g/mol. The van der Waals surface area contributed by atoms with Gasteiger partial charge in [-0.2, -0.15) is 0 Å². The lowest BCUT2D eigenvalue weighted by Crippen LogP contribution is -1.91. The summed E-state index contributed by atoms with van der Waals surface area (Å²) in [7, 11) is 0. The number of hydrogen-bond acceptors (Lipinski definition) is 2. The Morgan fingerprint density at radius 3 is 2.82 bits per heavy atom. The smallest absolute Gasteiger partial charge is 0.122 e. The summed E-state index contributed by atoms with van der Waals surface area (Å²) >= 11 is 0. The lowest BCUT2D eigenvalue weighted by Gasteiger charge is -2.08. The highest BCUT2D eigenvalue weighted by molar-refractivity contribution is 5.77. The average molecular weight is 225 g/mol. The van der Waals surface area contributed by atoms with Crippen LogP contribution in [0.25, 0.3) is 11.1 Å². The Morgan fingerprint density at radius 1 is 1.12 bits per heavy atom. The highest BCUT2D eigenvalue weighted by Crippen LogP contribution is 2.33. The molecule has 2 N–H and O–H groups in total. The van der Waals surface area contributed by atoms with Gasteiger partial charge in [0.15, 0.2) is 0 Å². The molecule has 17 heavy (non-hydrogen) atoms. The Bertz CT molecular complexity index is 575. The lowest BCUT2D eigenvalue weighted by atomic mass is 9.99. The summed E-state index contributed by atoms with van der Waals surface area (Å²) < 4.78 is 5.51. The maximum atomic E-state index is 6.07. The van der Waals surface area contributed by atoms with Crippen LogP contribution < -0.4 is 10.5 Å². The highest BCUT2D eigenvalue weighted by atomic mass is 16.5. The number of nitrogens with two attached hydrogens (primary N) is 1. The second kappa shape index (κ2) is 3.81. The van der Waals surface area contributed by atoms with E-state index in [-0.39, 0.29) is 0 Å². The molecule has 2 aromatic carbocycles. The fraction of sp³-hybridized carbons (Fsp3) is 0.200. The third-order valence-corrected chi connectivity index (χ3v) is 3.21. The zero-order chi connectivity index (χ0) is 11.8. The van der Waals surface area contributed by atoms with Crippen molar-refractivity contribution in [2.24, 2.45) is 0 Å². The van der Waals surface area contributed by atoms with Crippen molar-refractivity contribution < 1.29 is 4.74 Å². The van der Waals surface area contributed by atoms with E-state index in [4.69, 9.17) is 10.5 Å². The second-order valence-electron chi connectivity index (χ2n) is 4.51. The molecule has 0 saturated heterocycles. The van der Waals surface area contributed by atoms with Gasteiger partial charge in [-0.3, -0.25) is 0 Å². The maximum absolute atomic E-state index is 6.07. The molecule has 0 amide bonds. The van der Waals surface area contributed by atoms with Crippen molar-refractivity contribution >= 4 is 5.69 Å². The largest absolute Gasteiger partial charge is 0.493 e. The van der Waals surface area contributed by atoms with Gasteiger partial charge in [-0.1, -0.05) is 18.2 Å². The monoisotopic (exact) mass is 225 g/mol. The van der Waals surface area contributed by atoms with Crippen LogP contribution in [0, 0.1) is 6.92 Å². The van der Waals surface area contributed by atoms with Crippen LogP contribution in [-0.2, 0) is 6.42 Å². The van der Waals surface area contributed by atoms with Gasteiger partial charge in [-0.05, 0) is 41.8 Å². The SMILES string of the molecule is Cc1ccc(-c2ccc3c(c2)CCO3)c(N)c1. The molecule has 0 bridgehead atoms. The Kier molecular flexibility index (Phi) is 2.29. The van der Waals surface area contributed by atoms with Crippen molar-refractivity contribution in [3.63, 3.8) is 0 Å². The molecule has 0 radical (unpaired) electrons. The predicted molar refractivity (Wildman–Crippen MR) is 70.2 cm³/mol. The molecule has 3 rings (SSSR count). The second-order valence-corrected chi connectivity index (χ2v) is 4.51. The number of nitrogen functional groups attached to an aromatic ring is 1. The fourth-order valence-corrected chi connectivity index (χ4v) is 2.30. The third-order valence-electron chi connectivity index (χ3n) is 3.21. The van der Waals surface area contributed by atoms with E-state index in [0.29, 0.717) is 0 Å². The van der Waals surface area contributed by atoms with Crippen LogP contribution in [0.4, 0.5) is 5.69 Å². The summed E-state index contributed by atoms with van der Waals surface area (Å²) in [5, 5.41) is 0. The van der Waals surface area contributed by atoms with Gasteiger partial charge in [0, 0.05) is 17.7 Å². The van der Waals surface area contributed by atoms with Gasteiger partial charge in [-0.15, -0.1) is 0 Å². The molecular formula is C15H15NO. The minimum atomic E-state index is 0.794. The van der Waals surface area contributed by atoms with Crippen LogP contribution in [0.1, 0.15) is 11.1 Å². The third kappa shape index (κ3) is 1.76. The van der Waals surface area contributed by atoms with Crippen molar-refractivity contribution in [3.05, 3.63) is 47.5 Å². The van der Waals surface area contributed by atoms with Crippen LogP contribution in [0.15, 0.2) is 36.4 Å². The molecule has 0 aliphatic carbocycles. The molecule has 2 nitrogen and oxygen atoms in total. The number of hydrogen-bond donors (Lipinski definition) is 1. The zero-order valence-corrected chi connectivity index (χ0v) is 9.86. The van der Waals surface area contributed by atoms with Gasteiger partial charge in [-0.25, -0.2) is 0 Å². The normalized spacial score (nSPS) is 13.2. The van der Waals surface area contributed by atoms with Gasteiger partial charge >= 0.3 is 0 Å². The van der Waals surface area contributed by atoms with Gasteiger partial charge in [0.05, 0.1) is 6.61 Å². The lowest BCUT2D eigenvalue weighted by molar-refractivity contribution is 0.357. The van der Waals surface area contributed by atoms with Gasteiger partial charge in [0.2, 0.25) is 0 Å². The van der Waals surface area contributed by atoms with Crippen LogP contribution in [0.3, 0.4) is 0 Å². The molecule has 0 fully saturated rings. The Hall–Kier alpha value is -1.96. The van der Waals surface area contributed by atoms with Gasteiger partial charge in [0.1, 0.15) is 5.75 Å². The van der Waals surface area contributed by atoms with E-state index in [1.807, 2.05) is 12.1 Å². The van der Waals surface area contributed by atoms with E-state index in [1.54, 1.807) is 0 Å². The predicted octanol–water partition coefficient (Wildman–Crippen LogP) is 3.18. The average Bonchev–Trinajstić information content (AvgIpc) is 2.75. The standard InChI is InChI=1S/C15H15NO/c1-10-2-4-13(14(16)8-10)11-3-5-15-12(9-11)6-7-17-15/h2-5,8-9H,6-7,16H2,1H3. The minimum Gasteiger partial charge on any atom is -0.493 e. The summed E-state index contributed by atoms with van der Waals surface area (Å²) in [6.45, 7) is 2.85. The van der Waals surface area contributed by atoms with E-state index in [2.05, 4.69) is 31.2 Å². The first-order valence-corrected chi connectivity index (χ1v) is 5.86. The minimum absolute atomic E-state index is 0.794. The maximum Gasteiger partial charge on any atom is 0.122 e. The summed E-state index contributed by atoms with van der Waals surface area (Å²) in [5.74, 6) is 1.01. The van der Waals surface area contributed by atoms with Crippen molar-refractivity contribution in [3.8, 4) is 16.9 Å². The summed E-state index contributed by atoms with van der Waals surface area (Å²) in [6.07, 6.45) is 0.995. The number of anilines is 1. The molecule has 0 spiro atoms. The van der Waals surface area contributed by atoms with Crippen LogP contribution in [0.5, 0.6) is 5.75 Å². The van der Waals surface area contributed by atoms with Gasteiger partial charge < -0.3 is 10.5 Å². The first-order valence-electron chi connectivity index (χ1n) is 5.86. The fourth-order valence-electron chi connectivity index (χ4n) is 2.30. The Labute approximate surface area is 101 Å². The molecule has 1 heterocycles. The number of fused-ring (bicyclic) bond motifs is 1. The first kappa shape index (κ1) is 10.2. The summed E-state index contributed by atoms with van der Waals surface area (Å²) in [5.41, 5.74) is 11.6. The molecule has 1 aliphatic heterocycles. The van der Waals surface area contributed by atoms with Crippen LogP contribution in [-0.4, -0.2) is 6.61 Å². The van der Waals surface area contributed by atoms with E-state index in [1.165, 1.54) is 16.7 Å². The molecule has 0 saturated carbocycles. The number of benzene rings is 2. The molecule has 0 atom stereocenters. The van der Waals surface area contributed by atoms with E-state index < -0.39 is 0 Å². The zero-order valence-electron chi connectivity index (χ0n) is 9.86. The van der Waals surface area contributed by atoms with E-state index >= 15 is 0 Å². The van der Waals surface area contributed by atoms with Gasteiger partial charge in [0.25, 0.3) is 0 Å². The molecule has 0 unspecified atom stereocenters. The van der Waals surface area contributed by atoms with E-state index in [0.717, 1.165) is 30.0 Å². The Morgan fingerprint density at radius 2 is 2.00 bits per heavy atom. The Balaban J connectivity index is 2.09. The number of rotatable bonds is 1. The summed E-state index contributed by atoms with van der Waals surface area (Å²) in [6, 6.07) is 12.5.